The van der Waals surface area contributed by atoms with Gasteiger partial charge in [0.2, 0.25) is 12.3 Å². The molecule has 2 aliphatic heterocycles. The summed E-state index contributed by atoms with van der Waals surface area (Å²) < 4.78 is 27.5. The molecular formula is C30H33N7O6. The Balaban J connectivity index is 1.08. The second-order valence-corrected chi connectivity index (χ2v) is 10.5. The molecule has 2 aliphatic rings. The van der Waals surface area contributed by atoms with E-state index in [9.17, 15) is 4.79 Å². The van der Waals surface area contributed by atoms with Crippen molar-refractivity contribution in [2.45, 2.75) is 32.1 Å². The van der Waals surface area contributed by atoms with Crippen LogP contribution in [0.4, 0.5) is 10.5 Å². The van der Waals surface area contributed by atoms with Crippen LogP contribution in [-0.4, -0.2) is 83.7 Å². The third-order valence-electron chi connectivity index (χ3n) is 7.89. The number of carbonyl (C=O) groups is 1. The summed E-state index contributed by atoms with van der Waals surface area (Å²) in [4.78, 5) is 22.3. The van der Waals surface area contributed by atoms with Crippen molar-refractivity contribution in [1.82, 2.24) is 25.4 Å². The van der Waals surface area contributed by atoms with Crippen molar-refractivity contribution in [3.05, 3.63) is 71.8 Å². The van der Waals surface area contributed by atoms with Crippen LogP contribution in [0.2, 0.25) is 0 Å². The summed E-state index contributed by atoms with van der Waals surface area (Å²) in [5.74, 6) is 0.493. The third kappa shape index (κ3) is 5.93. The zero-order valence-electron chi connectivity index (χ0n) is 24.3. The molecule has 1 fully saturated rings. The Morgan fingerprint density at radius 2 is 1.86 bits per heavy atom. The van der Waals surface area contributed by atoms with Crippen LogP contribution in [0.15, 0.2) is 74.4 Å². The van der Waals surface area contributed by atoms with Crippen molar-refractivity contribution < 1.29 is 28.1 Å². The molecule has 0 saturated carbocycles. The van der Waals surface area contributed by atoms with E-state index >= 15 is 0 Å². The van der Waals surface area contributed by atoms with E-state index in [0.29, 0.717) is 34.8 Å². The van der Waals surface area contributed by atoms with Gasteiger partial charge in [-0.3, -0.25) is 9.89 Å². The van der Waals surface area contributed by atoms with E-state index in [1.54, 1.807) is 20.1 Å². The van der Waals surface area contributed by atoms with E-state index in [2.05, 4.69) is 41.4 Å². The maximum absolute atomic E-state index is 13.0. The second kappa shape index (κ2) is 12.6. The predicted octanol–water partition coefficient (Wildman–Crippen LogP) is 4.55. The summed E-state index contributed by atoms with van der Waals surface area (Å²) in [5.41, 5.74) is 4.22. The van der Waals surface area contributed by atoms with Gasteiger partial charge in [-0.2, -0.15) is 0 Å². The minimum Gasteiger partial charge on any atom is -0.495 e. The first-order valence-corrected chi connectivity index (χ1v) is 14.2. The fourth-order valence-electron chi connectivity index (χ4n) is 5.85. The highest BCUT2D eigenvalue weighted by Crippen LogP contribution is 2.45. The number of benzene rings is 2. The van der Waals surface area contributed by atoms with Crippen LogP contribution in [-0.2, 0) is 9.47 Å². The van der Waals surface area contributed by atoms with Gasteiger partial charge in [0.25, 0.3) is 0 Å². The standard InChI is InChI=1S/C30H33N7O6/c1-19-25(29-33-31-18-41-29)26(21-8-6-9-22-27(21)35-43-34-22)28(20(2)32-19)42-30(38)40-17-7-12-36-13-15-37(16-14-36)23-10-4-5-11-24(23)39-3/h4-6,8-11,18,25-26H,7,12-17H2,1-3H3. The monoisotopic (exact) mass is 587 g/mol. The minimum absolute atomic E-state index is 0.223. The fourth-order valence-corrected chi connectivity index (χ4v) is 5.85. The van der Waals surface area contributed by atoms with E-state index in [1.165, 1.54) is 6.39 Å². The number of nitrogens with zero attached hydrogens (tertiary/aromatic N) is 7. The van der Waals surface area contributed by atoms with Gasteiger partial charge in [-0.25, -0.2) is 9.42 Å². The summed E-state index contributed by atoms with van der Waals surface area (Å²) in [6.07, 6.45) is 1.14. The number of allylic oxidation sites excluding steroid dienone is 2. The van der Waals surface area contributed by atoms with E-state index in [0.717, 1.165) is 55.4 Å². The number of hydrogen-bond donors (Lipinski definition) is 0. The second-order valence-electron chi connectivity index (χ2n) is 10.5. The number of fused-ring (bicyclic) bond motifs is 1. The Hall–Kier alpha value is -4.78. The normalized spacial score (nSPS) is 19.4. The van der Waals surface area contributed by atoms with Crippen molar-refractivity contribution in [3.8, 4) is 5.75 Å². The molecule has 0 aliphatic carbocycles. The van der Waals surface area contributed by atoms with Gasteiger partial charge in [-0.05, 0) is 54.3 Å². The van der Waals surface area contributed by atoms with Crippen LogP contribution in [0.5, 0.6) is 5.75 Å². The summed E-state index contributed by atoms with van der Waals surface area (Å²) in [6.45, 7) is 8.30. The lowest BCUT2D eigenvalue weighted by Gasteiger charge is -2.36. The molecule has 0 radical (unpaired) electrons. The van der Waals surface area contributed by atoms with Crippen LogP contribution in [0.1, 0.15) is 43.6 Å². The van der Waals surface area contributed by atoms with E-state index in [4.69, 9.17) is 23.3 Å². The Morgan fingerprint density at radius 3 is 2.65 bits per heavy atom. The lowest BCUT2D eigenvalue weighted by molar-refractivity contribution is 0.0676. The average molecular weight is 588 g/mol. The molecule has 43 heavy (non-hydrogen) atoms. The van der Waals surface area contributed by atoms with Crippen LogP contribution in [0.3, 0.4) is 0 Å². The molecule has 224 valence electrons. The maximum Gasteiger partial charge on any atom is 0.513 e. The number of piperazine rings is 1. The molecule has 13 nitrogen and oxygen atoms in total. The number of methoxy groups -OCH3 is 1. The molecule has 4 heterocycles. The summed E-state index contributed by atoms with van der Waals surface area (Å²) >= 11 is 0. The summed E-state index contributed by atoms with van der Waals surface area (Å²) in [6, 6.07) is 13.6. The smallest absolute Gasteiger partial charge is 0.495 e. The molecule has 6 rings (SSSR count). The molecule has 0 bridgehead atoms. The predicted molar refractivity (Wildman–Crippen MR) is 156 cm³/mol. The number of rotatable bonds is 9. The molecule has 2 atom stereocenters. The lowest BCUT2D eigenvalue weighted by atomic mass is 9.79. The van der Waals surface area contributed by atoms with Gasteiger partial charge in [-0.1, -0.05) is 24.3 Å². The van der Waals surface area contributed by atoms with Crippen molar-refractivity contribution in [2.75, 3.05) is 51.3 Å². The van der Waals surface area contributed by atoms with Crippen LogP contribution in [0, 0.1) is 0 Å². The number of hydrogen-bond acceptors (Lipinski definition) is 13. The van der Waals surface area contributed by atoms with E-state index in [-0.39, 0.29) is 6.61 Å². The molecular weight excluding hydrogens is 554 g/mol. The van der Waals surface area contributed by atoms with Gasteiger partial charge in [0, 0.05) is 38.4 Å². The SMILES string of the molecule is COc1ccccc1N1CCN(CCCOC(=O)OC2=C(C)N=C(C)C(c3nnco3)C2c2cccc3nonc23)CC1. The molecule has 2 unspecified atom stereocenters. The van der Waals surface area contributed by atoms with E-state index in [1.807, 2.05) is 37.3 Å². The van der Waals surface area contributed by atoms with Gasteiger partial charge in [0.1, 0.15) is 22.5 Å². The number of ether oxygens (including phenoxy) is 3. The van der Waals surface area contributed by atoms with Crippen molar-refractivity contribution in [1.29, 1.82) is 0 Å². The van der Waals surface area contributed by atoms with Gasteiger partial charge in [0.15, 0.2) is 0 Å². The highest BCUT2D eigenvalue weighted by Gasteiger charge is 2.41. The third-order valence-corrected chi connectivity index (χ3v) is 7.89. The number of aromatic nitrogens is 4. The Bertz CT molecular complexity index is 1620. The van der Waals surface area contributed by atoms with E-state index < -0.39 is 18.0 Å². The minimum atomic E-state index is -0.801. The van der Waals surface area contributed by atoms with Gasteiger partial charge in [0.05, 0.1) is 36.9 Å². The number of aliphatic imine (C=N–C) groups is 1. The van der Waals surface area contributed by atoms with Crippen LogP contribution in [0.25, 0.3) is 11.0 Å². The number of anilines is 1. The molecule has 0 N–H and O–H groups in total. The Labute approximate surface area is 248 Å². The number of para-hydroxylation sites is 2. The van der Waals surface area contributed by atoms with Crippen LogP contribution < -0.4 is 9.64 Å². The Morgan fingerprint density at radius 1 is 1.02 bits per heavy atom. The lowest BCUT2D eigenvalue weighted by Crippen LogP contribution is -2.46. The van der Waals surface area contributed by atoms with Gasteiger partial charge < -0.3 is 23.5 Å². The number of carbonyl (C=O) groups excluding carboxylic acids is 1. The molecule has 2 aromatic carbocycles. The molecule has 4 aromatic rings. The highest BCUT2D eigenvalue weighted by atomic mass is 16.7. The van der Waals surface area contributed by atoms with Crippen LogP contribution >= 0.6 is 0 Å². The fraction of sp³-hybridized carbons (Fsp3) is 0.400. The average Bonchev–Trinajstić information content (AvgIpc) is 3.74. The Kier molecular flexibility index (Phi) is 8.31. The van der Waals surface area contributed by atoms with Gasteiger partial charge in [-0.15, -0.1) is 10.2 Å². The first-order valence-electron chi connectivity index (χ1n) is 14.2. The zero-order valence-corrected chi connectivity index (χ0v) is 24.3. The van der Waals surface area contributed by atoms with Crippen molar-refractivity contribution in [3.63, 3.8) is 0 Å². The highest BCUT2D eigenvalue weighted by molar-refractivity contribution is 5.93. The van der Waals surface area contributed by atoms with Crippen molar-refractivity contribution >= 4 is 28.6 Å². The molecule has 1 saturated heterocycles. The van der Waals surface area contributed by atoms with Crippen molar-refractivity contribution in [2.24, 2.45) is 4.99 Å². The quantitative estimate of drug-likeness (QED) is 0.200. The van der Waals surface area contributed by atoms with Gasteiger partial charge >= 0.3 is 6.16 Å². The zero-order chi connectivity index (χ0) is 29.8. The maximum atomic E-state index is 13.0. The largest absolute Gasteiger partial charge is 0.513 e. The summed E-state index contributed by atoms with van der Waals surface area (Å²) in [7, 11) is 1.70. The molecule has 2 aromatic heterocycles. The first-order chi connectivity index (χ1) is 21.0. The molecule has 0 amide bonds. The molecule has 13 heteroatoms. The topological polar surface area (TPSA) is 141 Å². The molecule has 0 spiro atoms. The first kappa shape index (κ1) is 28.3. The summed E-state index contributed by atoms with van der Waals surface area (Å²) in [5, 5.41) is 16.1.